The molecule has 0 aliphatic rings. The number of hydrogen-bond donors (Lipinski definition) is 1. The molecule has 0 bridgehead atoms. The van der Waals surface area contributed by atoms with Crippen molar-refractivity contribution in [1.29, 1.82) is 5.26 Å². The van der Waals surface area contributed by atoms with Crippen LogP contribution in [0.5, 0.6) is 0 Å². The first-order chi connectivity index (χ1) is 7.57. The van der Waals surface area contributed by atoms with Crippen LogP contribution in [0.1, 0.15) is 26.2 Å². The van der Waals surface area contributed by atoms with Gasteiger partial charge in [0.15, 0.2) is 0 Å². The number of unbranched alkanes of at least 4 members (excludes halogenated alkanes) is 1. The third kappa shape index (κ3) is 7.56. The second-order valence-electron chi connectivity index (χ2n) is 3.31. The number of carbonyl (C=O) groups is 2. The molecule has 0 spiro atoms. The van der Waals surface area contributed by atoms with Crippen LogP contribution in [0.15, 0.2) is 12.2 Å². The number of ether oxygens (including phenoxy) is 1. The average molecular weight is 224 g/mol. The van der Waals surface area contributed by atoms with Gasteiger partial charge in [0.2, 0.25) is 5.91 Å². The number of rotatable bonds is 7. The van der Waals surface area contributed by atoms with Gasteiger partial charge >= 0.3 is 5.97 Å². The van der Waals surface area contributed by atoms with E-state index in [0.717, 1.165) is 0 Å². The quantitative estimate of drug-likeness (QED) is 0.396. The van der Waals surface area contributed by atoms with Crippen LogP contribution in [0.3, 0.4) is 0 Å². The maximum absolute atomic E-state index is 10.9. The summed E-state index contributed by atoms with van der Waals surface area (Å²) in [5.74, 6) is -0.671. The second-order valence-corrected chi connectivity index (χ2v) is 3.31. The Morgan fingerprint density at radius 3 is 2.69 bits per heavy atom. The van der Waals surface area contributed by atoms with E-state index in [1.807, 2.05) is 0 Å². The van der Waals surface area contributed by atoms with Crippen LogP contribution in [0.2, 0.25) is 0 Å². The van der Waals surface area contributed by atoms with E-state index in [2.05, 4.69) is 11.9 Å². The Bertz CT molecular complexity index is 305. The molecule has 0 unspecified atom stereocenters. The first-order valence-electron chi connectivity index (χ1n) is 5.04. The van der Waals surface area contributed by atoms with Crippen molar-refractivity contribution in [2.75, 3.05) is 13.2 Å². The molecule has 5 nitrogen and oxygen atoms in total. The summed E-state index contributed by atoms with van der Waals surface area (Å²) in [5.41, 5.74) is 0.377. The normalized spacial score (nSPS) is 9.00. The van der Waals surface area contributed by atoms with Crippen molar-refractivity contribution in [1.82, 2.24) is 5.32 Å². The third-order valence-electron chi connectivity index (χ3n) is 1.71. The first-order valence-corrected chi connectivity index (χ1v) is 5.04. The second kappa shape index (κ2) is 8.48. The largest absolute Gasteiger partial charge is 0.462 e. The van der Waals surface area contributed by atoms with E-state index in [0.29, 0.717) is 31.6 Å². The van der Waals surface area contributed by atoms with Crippen LogP contribution < -0.4 is 5.32 Å². The molecule has 0 radical (unpaired) electrons. The zero-order chi connectivity index (χ0) is 12.4. The fourth-order valence-electron chi connectivity index (χ4n) is 0.877. The Hall–Kier alpha value is -1.83. The monoisotopic (exact) mass is 224 g/mol. The zero-order valence-corrected chi connectivity index (χ0v) is 9.41. The maximum atomic E-state index is 10.9. The molecule has 0 saturated carbocycles. The number of hydrogen-bond acceptors (Lipinski definition) is 4. The standard InChI is InChI=1S/C11H16N2O3/c1-9(2)11(15)16-8-4-3-7-13-10(14)5-6-12/h1,3-5,7-8H2,2H3,(H,13,14). The predicted octanol–water partition coefficient (Wildman–Crippen LogP) is 0.916. The molecule has 1 N–H and O–H groups in total. The predicted molar refractivity (Wildman–Crippen MR) is 58.2 cm³/mol. The molecular formula is C11H16N2O3. The van der Waals surface area contributed by atoms with Gasteiger partial charge < -0.3 is 10.1 Å². The Morgan fingerprint density at radius 2 is 2.12 bits per heavy atom. The van der Waals surface area contributed by atoms with Gasteiger partial charge in [0, 0.05) is 12.1 Å². The molecule has 0 aromatic heterocycles. The molecule has 0 saturated heterocycles. The van der Waals surface area contributed by atoms with E-state index in [-0.39, 0.29) is 12.3 Å². The van der Waals surface area contributed by atoms with Crippen molar-refractivity contribution < 1.29 is 14.3 Å². The Balaban J connectivity index is 3.35. The van der Waals surface area contributed by atoms with Crippen LogP contribution in [0.4, 0.5) is 0 Å². The van der Waals surface area contributed by atoms with Gasteiger partial charge in [-0.2, -0.15) is 5.26 Å². The highest BCUT2D eigenvalue weighted by Crippen LogP contribution is 1.95. The van der Waals surface area contributed by atoms with Gasteiger partial charge in [-0.25, -0.2) is 4.79 Å². The molecule has 0 fully saturated rings. The maximum Gasteiger partial charge on any atom is 0.333 e. The van der Waals surface area contributed by atoms with E-state index in [1.54, 1.807) is 13.0 Å². The molecule has 0 heterocycles. The summed E-state index contributed by atoms with van der Waals surface area (Å²) >= 11 is 0. The number of nitrogens with one attached hydrogen (secondary N) is 1. The topological polar surface area (TPSA) is 79.2 Å². The molecule has 5 heteroatoms. The lowest BCUT2D eigenvalue weighted by Crippen LogP contribution is -2.23. The minimum absolute atomic E-state index is 0.120. The smallest absolute Gasteiger partial charge is 0.333 e. The van der Waals surface area contributed by atoms with Gasteiger partial charge in [-0.15, -0.1) is 0 Å². The van der Waals surface area contributed by atoms with Crippen molar-refractivity contribution >= 4 is 11.9 Å². The lowest BCUT2D eigenvalue weighted by Gasteiger charge is -2.04. The number of nitriles is 1. The number of amides is 1. The van der Waals surface area contributed by atoms with Crippen LogP contribution in [0, 0.1) is 11.3 Å². The minimum Gasteiger partial charge on any atom is -0.462 e. The number of esters is 1. The number of nitrogens with zero attached hydrogens (tertiary/aromatic N) is 1. The summed E-state index contributed by atoms with van der Waals surface area (Å²) < 4.78 is 4.85. The SMILES string of the molecule is C=C(C)C(=O)OCCCCNC(=O)CC#N. The summed E-state index contributed by atoms with van der Waals surface area (Å²) in [7, 11) is 0. The molecule has 16 heavy (non-hydrogen) atoms. The molecule has 0 rings (SSSR count). The molecule has 88 valence electrons. The van der Waals surface area contributed by atoms with Gasteiger partial charge in [-0.3, -0.25) is 4.79 Å². The summed E-state index contributed by atoms with van der Waals surface area (Å²) in [5, 5.41) is 10.8. The third-order valence-corrected chi connectivity index (χ3v) is 1.71. The highest BCUT2D eigenvalue weighted by molar-refractivity contribution is 5.86. The van der Waals surface area contributed by atoms with Gasteiger partial charge in [-0.05, 0) is 19.8 Å². The number of carbonyl (C=O) groups excluding carboxylic acids is 2. The van der Waals surface area contributed by atoms with Gasteiger partial charge in [-0.1, -0.05) is 6.58 Å². The first kappa shape index (κ1) is 14.2. The summed E-state index contributed by atoms with van der Waals surface area (Å²) in [6.07, 6.45) is 1.26. The highest BCUT2D eigenvalue weighted by atomic mass is 16.5. The van der Waals surface area contributed by atoms with Crippen molar-refractivity contribution in [2.24, 2.45) is 0 Å². The summed E-state index contributed by atoms with van der Waals surface area (Å²) in [4.78, 5) is 21.8. The van der Waals surface area contributed by atoms with Crippen LogP contribution in [-0.4, -0.2) is 25.0 Å². The van der Waals surface area contributed by atoms with Crippen LogP contribution >= 0.6 is 0 Å². The van der Waals surface area contributed by atoms with Crippen molar-refractivity contribution in [3.8, 4) is 6.07 Å². The Labute approximate surface area is 95.1 Å². The van der Waals surface area contributed by atoms with Gasteiger partial charge in [0.1, 0.15) is 6.42 Å². The van der Waals surface area contributed by atoms with Crippen LogP contribution in [-0.2, 0) is 14.3 Å². The fraction of sp³-hybridized carbons (Fsp3) is 0.545. The van der Waals surface area contributed by atoms with Gasteiger partial charge in [0.25, 0.3) is 0 Å². The van der Waals surface area contributed by atoms with E-state index in [4.69, 9.17) is 10.00 Å². The molecule has 1 amide bonds. The molecule has 0 aromatic carbocycles. The van der Waals surface area contributed by atoms with Crippen molar-refractivity contribution in [2.45, 2.75) is 26.2 Å². The lowest BCUT2D eigenvalue weighted by molar-refractivity contribution is -0.139. The average Bonchev–Trinajstić information content (AvgIpc) is 2.23. The molecule has 0 aromatic rings. The summed E-state index contributed by atoms with van der Waals surface area (Å²) in [6, 6.07) is 1.76. The zero-order valence-electron chi connectivity index (χ0n) is 9.41. The van der Waals surface area contributed by atoms with Crippen molar-refractivity contribution in [3.63, 3.8) is 0 Å². The molecule has 0 aliphatic carbocycles. The fourth-order valence-corrected chi connectivity index (χ4v) is 0.877. The van der Waals surface area contributed by atoms with Crippen molar-refractivity contribution in [3.05, 3.63) is 12.2 Å². The molecule has 0 atom stereocenters. The Morgan fingerprint density at radius 1 is 1.44 bits per heavy atom. The molecular weight excluding hydrogens is 208 g/mol. The highest BCUT2D eigenvalue weighted by Gasteiger charge is 2.02. The Kier molecular flexibility index (Phi) is 7.51. The van der Waals surface area contributed by atoms with E-state index in [9.17, 15) is 9.59 Å². The van der Waals surface area contributed by atoms with Crippen LogP contribution in [0.25, 0.3) is 0 Å². The van der Waals surface area contributed by atoms with Gasteiger partial charge in [0.05, 0.1) is 12.7 Å². The van der Waals surface area contributed by atoms with E-state index in [1.165, 1.54) is 0 Å². The van der Waals surface area contributed by atoms with E-state index >= 15 is 0 Å². The lowest BCUT2D eigenvalue weighted by atomic mass is 10.3. The minimum atomic E-state index is -0.395. The molecule has 0 aliphatic heterocycles. The summed E-state index contributed by atoms with van der Waals surface area (Å²) in [6.45, 7) is 5.85. The van der Waals surface area contributed by atoms with E-state index < -0.39 is 5.97 Å².